The molecule has 0 spiro atoms. The van der Waals surface area contributed by atoms with Crippen LogP contribution >= 0.6 is 0 Å². The highest BCUT2D eigenvalue weighted by molar-refractivity contribution is 5.62. The Bertz CT molecular complexity index is 1830. The van der Waals surface area contributed by atoms with E-state index in [1.54, 1.807) is 27.4 Å². The summed E-state index contributed by atoms with van der Waals surface area (Å²) in [5.41, 5.74) is 7.09. The average molecular weight is 639 g/mol. The number of phenolic OH excluding ortho intramolecular Hbond substituents is 1. The highest BCUT2D eigenvalue weighted by atomic mass is 16.5. The van der Waals surface area contributed by atoms with Crippen molar-refractivity contribution in [3.05, 3.63) is 94.0 Å². The molecule has 47 heavy (non-hydrogen) atoms. The fourth-order valence-corrected chi connectivity index (χ4v) is 7.79. The van der Waals surface area contributed by atoms with Gasteiger partial charge in [-0.15, -0.1) is 0 Å². The number of benzene rings is 4. The second-order valence-electron chi connectivity index (χ2n) is 14.3. The molecule has 0 saturated heterocycles. The molecule has 8 rings (SSSR count). The van der Waals surface area contributed by atoms with Gasteiger partial charge in [-0.25, -0.2) is 0 Å². The van der Waals surface area contributed by atoms with Gasteiger partial charge in [-0.3, -0.25) is 0 Å². The molecule has 246 valence electrons. The summed E-state index contributed by atoms with van der Waals surface area (Å²) in [7, 11) is 14.1. The Balaban J connectivity index is 1.45. The number of aromatic hydroxyl groups is 1. The predicted molar refractivity (Wildman–Crippen MR) is 181 cm³/mol. The van der Waals surface area contributed by atoms with E-state index in [1.165, 1.54) is 22.3 Å². The third-order valence-corrected chi connectivity index (χ3v) is 10.7. The Labute approximate surface area is 277 Å². The van der Waals surface area contributed by atoms with E-state index in [0.717, 1.165) is 58.2 Å². The van der Waals surface area contributed by atoms with Crippen molar-refractivity contribution in [3.8, 4) is 46.0 Å². The molecule has 0 aromatic heterocycles. The van der Waals surface area contributed by atoms with Gasteiger partial charge in [0, 0.05) is 31.2 Å². The highest BCUT2D eigenvalue weighted by Crippen LogP contribution is 2.52. The van der Waals surface area contributed by atoms with E-state index in [-0.39, 0.29) is 17.8 Å². The van der Waals surface area contributed by atoms with E-state index in [0.29, 0.717) is 40.9 Å². The Morgan fingerprint density at radius 1 is 0.660 bits per heavy atom. The molecule has 0 unspecified atom stereocenters. The number of methoxy groups -OCH3 is 3. The lowest BCUT2D eigenvalue weighted by molar-refractivity contribution is -0.923. The van der Waals surface area contributed by atoms with Gasteiger partial charge in [-0.2, -0.15) is 0 Å². The summed E-state index contributed by atoms with van der Waals surface area (Å²) in [4.78, 5) is 0. The molecular formula is C39H46N2O6+2. The van der Waals surface area contributed by atoms with Gasteiger partial charge in [0.1, 0.15) is 17.8 Å². The molecule has 2 atom stereocenters. The number of hydrogen-bond acceptors (Lipinski definition) is 6. The lowest BCUT2D eigenvalue weighted by Crippen LogP contribution is -2.48. The molecule has 0 radical (unpaired) electrons. The molecule has 1 N–H and O–H groups in total. The summed E-state index contributed by atoms with van der Waals surface area (Å²) in [6.07, 6.45) is 3.37. The van der Waals surface area contributed by atoms with Crippen molar-refractivity contribution in [2.24, 2.45) is 0 Å². The van der Waals surface area contributed by atoms with Crippen molar-refractivity contribution in [2.75, 3.05) is 62.6 Å². The number of likely N-dealkylation sites (N-methyl/N-ethyl adjacent to an activating group) is 2. The number of quaternary nitrogens is 2. The van der Waals surface area contributed by atoms with E-state index in [2.05, 4.69) is 70.7 Å². The number of nitrogens with zero attached hydrogens (tertiary/aromatic N) is 2. The first-order chi connectivity index (χ1) is 22.5. The van der Waals surface area contributed by atoms with E-state index in [4.69, 9.17) is 23.7 Å². The first-order valence-corrected chi connectivity index (χ1v) is 16.4. The summed E-state index contributed by atoms with van der Waals surface area (Å²) in [6.45, 7) is 1.97. The predicted octanol–water partition coefficient (Wildman–Crippen LogP) is 7.15. The number of fused-ring (bicyclic) bond motifs is 2. The zero-order valence-corrected chi connectivity index (χ0v) is 28.6. The first-order valence-electron chi connectivity index (χ1n) is 16.4. The maximum Gasteiger partial charge on any atom is 0.204 e. The van der Waals surface area contributed by atoms with Gasteiger partial charge in [0.25, 0.3) is 0 Å². The Hall–Kier alpha value is -4.40. The van der Waals surface area contributed by atoms with Crippen LogP contribution in [0.3, 0.4) is 0 Å². The molecule has 8 nitrogen and oxygen atoms in total. The van der Waals surface area contributed by atoms with Crippen molar-refractivity contribution >= 4 is 0 Å². The molecule has 8 heteroatoms. The standard InChI is InChI=1S/C39H45N2O6/c1-40(2)16-14-26-21-34(43-5)35-23-29(26)30(40)18-24-8-11-28(12-9-24)46-39-37-27(22-36(44-6)38(39)45-7)15-17-41(3,4)31(37)19-25-10-13-32(42)33(20-25)47-35/h8-13,20-23,30-31H,14-19H2,1-7H3/q+1/p+1/t30-,31+/m0/s1. The maximum atomic E-state index is 11.1. The van der Waals surface area contributed by atoms with Crippen molar-refractivity contribution in [1.29, 1.82) is 0 Å². The second kappa shape index (κ2) is 11.7. The van der Waals surface area contributed by atoms with E-state index < -0.39 is 0 Å². The maximum absolute atomic E-state index is 11.1. The van der Waals surface area contributed by atoms with Crippen molar-refractivity contribution in [3.63, 3.8) is 0 Å². The van der Waals surface area contributed by atoms with Crippen LogP contribution in [-0.4, -0.2) is 76.7 Å². The van der Waals surface area contributed by atoms with Gasteiger partial charge in [0.05, 0.1) is 68.2 Å². The van der Waals surface area contributed by atoms with Crippen LogP contribution in [-0.2, 0) is 25.7 Å². The second-order valence-corrected chi connectivity index (χ2v) is 14.3. The summed E-state index contributed by atoms with van der Waals surface area (Å²) in [5, 5.41) is 11.1. The van der Waals surface area contributed by atoms with Gasteiger partial charge in [0.2, 0.25) is 5.75 Å². The fraction of sp³-hybridized carbons (Fsp3) is 0.385. The van der Waals surface area contributed by atoms with Crippen LogP contribution in [0.5, 0.6) is 46.0 Å². The fourth-order valence-electron chi connectivity index (χ4n) is 7.79. The Kier molecular flexibility index (Phi) is 7.76. The molecule has 4 aliphatic heterocycles. The number of hydrogen-bond donors (Lipinski definition) is 1. The van der Waals surface area contributed by atoms with Crippen LogP contribution in [0.15, 0.2) is 60.7 Å². The van der Waals surface area contributed by atoms with Gasteiger partial charge >= 0.3 is 0 Å². The van der Waals surface area contributed by atoms with Crippen LogP contribution in [0, 0.1) is 0 Å². The Morgan fingerprint density at radius 2 is 1.30 bits per heavy atom. The smallest absolute Gasteiger partial charge is 0.204 e. The van der Waals surface area contributed by atoms with Gasteiger partial charge in [-0.05, 0) is 64.7 Å². The van der Waals surface area contributed by atoms with Crippen molar-refractivity contribution in [1.82, 2.24) is 0 Å². The molecule has 0 fully saturated rings. The SMILES string of the molecule is COc1cc2c3cc1Oc1cc(ccc1O)C[C@@H]1c4c(cc(OC)c(OC)c4Oc4ccc(cc4)C[C@@H]3[N+](C)(C)CC2)CC[N+]1(C)C. The van der Waals surface area contributed by atoms with E-state index >= 15 is 0 Å². The molecule has 0 amide bonds. The van der Waals surface area contributed by atoms with E-state index in [9.17, 15) is 5.11 Å². The minimum atomic E-state index is 0.0307. The summed E-state index contributed by atoms with van der Waals surface area (Å²) in [6, 6.07) is 20.7. The van der Waals surface area contributed by atoms with Crippen molar-refractivity contribution < 1.29 is 37.8 Å². The molecule has 0 saturated carbocycles. The quantitative estimate of drug-likeness (QED) is 0.241. The molecule has 4 aromatic carbocycles. The minimum Gasteiger partial charge on any atom is -0.504 e. The van der Waals surface area contributed by atoms with E-state index in [1.807, 2.05) is 12.1 Å². The number of rotatable bonds is 3. The summed E-state index contributed by atoms with van der Waals surface area (Å²) >= 11 is 0. The summed E-state index contributed by atoms with van der Waals surface area (Å²) < 4.78 is 32.7. The van der Waals surface area contributed by atoms with Crippen LogP contribution in [0.25, 0.3) is 0 Å². The van der Waals surface area contributed by atoms with Crippen LogP contribution < -0.4 is 23.7 Å². The number of ether oxygens (including phenoxy) is 5. The van der Waals surface area contributed by atoms with Crippen LogP contribution in [0.2, 0.25) is 0 Å². The van der Waals surface area contributed by atoms with Gasteiger partial charge in [0.15, 0.2) is 34.5 Å². The average Bonchev–Trinajstić information content (AvgIpc) is 3.05. The van der Waals surface area contributed by atoms with Gasteiger partial charge in [-0.1, -0.05) is 18.2 Å². The lowest BCUT2D eigenvalue weighted by Gasteiger charge is -2.43. The zero-order valence-electron chi connectivity index (χ0n) is 28.6. The van der Waals surface area contributed by atoms with Crippen LogP contribution in [0.4, 0.5) is 0 Å². The third-order valence-electron chi connectivity index (χ3n) is 10.7. The largest absolute Gasteiger partial charge is 0.504 e. The summed E-state index contributed by atoms with van der Waals surface area (Å²) in [5.74, 6) is 4.46. The molecule has 4 aliphatic rings. The molecule has 4 aromatic rings. The number of phenols is 1. The highest BCUT2D eigenvalue weighted by Gasteiger charge is 2.41. The zero-order chi connectivity index (χ0) is 33.1. The third kappa shape index (κ3) is 5.53. The Morgan fingerprint density at radius 3 is 2.00 bits per heavy atom. The van der Waals surface area contributed by atoms with Crippen LogP contribution in [0.1, 0.15) is 45.5 Å². The molecule has 6 bridgehead atoms. The monoisotopic (exact) mass is 638 g/mol. The molecule has 4 heterocycles. The minimum absolute atomic E-state index is 0.0307. The normalized spacial score (nSPS) is 20.5. The lowest BCUT2D eigenvalue weighted by atomic mass is 9.85. The molecule has 0 aliphatic carbocycles. The topological polar surface area (TPSA) is 66.4 Å². The molecular weight excluding hydrogens is 592 g/mol. The first kappa shape index (κ1) is 31.2. The van der Waals surface area contributed by atoms with Gasteiger partial charge < -0.3 is 37.8 Å². The van der Waals surface area contributed by atoms with Crippen molar-refractivity contribution in [2.45, 2.75) is 37.8 Å².